The SMILES string of the molecule is COc1cc(C)c(CSCC(=O)N[C@@H]2CCC[C@H](C)[C@@H]2C)cc1OC. The fourth-order valence-corrected chi connectivity index (χ4v) is 4.37. The molecule has 0 aromatic heterocycles. The third-order valence-electron chi connectivity index (χ3n) is 5.39. The van der Waals surface area contributed by atoms with Gasteiger partial charge >= 0.3 is 0 Å². The van der Waals surface area contributed by atoms with Crippen LogP contribution < -0.4 is 14.8 Å². The second kappa shape index (κ2) is 9.37. The Bertz CT molecular complexity index is 591. The normalized spacial score (nSPS) is 23.2. The second-order valence-electron chi connectivity index (χ2n) is 7.07. The molecule has 0 unspecified atom stereocenters. The van der Waals surface area contributed by atoms with Gasteiger partial charge in [-0.05, 0) is 48.4 Å². The minimum atomic E-state index is 0.147. The maximum absolute atomic E-state index is 12.3. The summed E-state index contributed by atoms with van der Waals surface area (Å²) in [4.78, 5) is 12.3. The number of ether oxygens (including phenoxy) is 2. The van der Waals surface area contributed by atoms with Gasteiger partial charge in [-0.2, -0.15) is 0 Å². The molecule has 3 atom stereocenters. The molecule has 140 valence electrons. The lowest BCUT2D eigenvalue weighted by atomic mass is 9.78. The molecule has 5 heteroatoms. The van der Waals surface area contributed by atoms with Crippen LogP contribution in [0.2, 0.25) is 0 Å². The van der Waals surface area contributed by atoms with E-state index in [0.717, 1.165) is 29.2 Å². The number of rotatable bonds is 7. The van der Waals surface area contributed by atoms with Crippen LogP contribution in [-0.4, -0.2) is 31.9 Å². The van der Waals surface area contributed by atoms with Crippen molar-refractivity contribution in [2.45, 2.75) is 51.8 Å². The second-order valence-corrected chi connectivity index (χ2v) is 8.05. The molecule has 1 N–H and O–H groups in total. The van der Waals surface area contributed by atoms with Crippen molar-refractivity contribution in [2.24, 2.45) is 11.8 Å². The van der Waals surface area contributed by atoms with Crippen molar-refractivity contribution in [2.75, 3.05) is 20.0 Å². The van der Waals surface area contributed by atoms with Crippen molar-refractivity contribution in [1.82, 2.24) is 5.32 Å². The average Bonchev–Trinajstić information content (AvgIpc) is 2.60. The van der Waals surface area contributed by atoms with Crippen molar-refractivity contribution < 1.29 is 14.3 Å². The summed E-state index contributed by atoms with van der Waals surface area (Å²) in [5, 5.41) is 3.24. The standard InChI is InChI=1S/C20H31NO3S/c1-13-7-6-8-17(15(13)3)21-20(22)12-25-11-16-10-19(24-5)18(23-4)9-14(16)2/h9-10,13,15,17H,6-8,11-12H2,1-5H3,(H,21,22)/t13-,15-,17+/m0/s1. The first-order chi connectivity index (χ1) is 12.0. The van der Waals surface area contributed by atoms with Crippen LogP contribution >= 0.6 is 11.8 Å². The van der Waals surface area contributed by atoms with Crippen LogP contribution in [-0.2, 0) is 10.5 Å². The Kier molecular flexibility index (Phi) is 7.48. The predicted octanol–water partition coefficient (Wildman–Crippen LogP) is 4.19. The first-order valence-electron chi connectivity index (χ1n) is 9.04. The number of amides is 1. The minimum absolute atomic E-state index is 0.147. The molecule has 2 rings (SSSR count). The van der Waals surface area contributed by atoms with Gasteiger partial charge in [0.15, 0.2) is 11.5 Å². The summed E-state index contributed by atoms with van der Waals surface area (Å²) in [6, 6.07) is 4.32. The lowest BCUT2D eigenvalue weighted by Crippen LogP contribution is -2.44. The highest BCUT2D eigenvalue weighted by Crippen LogP contribution is 2.32. The molecule has 1 fully saturated rings. The van der Waals surface area contributed by atoms with Gasteiger partial charge in [-0.25, -0.2) is 0 Å². The monoisotopic (exact) mass is 365 g/mol. The molecule has 0 radical (unpaired) electrons. The molecule has 1 aromatic rings. The predicted molar refractivity (Wildman–Crippen MR) is 105 cm³/mol. The molecule has 1 aliphatic rings. The Balaban J connectivity index is 1.85. The number of hydrogen-bond donors (Lipinski definition) is 1. The van der Waals surface area contributed by atoms with E-state index >= 15 is 0 Å². The Hall–Kier alpha value is -1.36. The van der Waals surface area contributed by atoms with E-state index in [2.05, 4.69) is 26.1 Å². The first-order valence-corrected chi connectivity index (χ1v) is 10.2. The number of hydrogen-bond acceptors (Lipinski definition) is 4. The molecule has 0 bridgehead atoms. The highest BCUT2D eigenvalue weighted by molar-refractivity contribution is 7.99. The third-order valence-corrected chi connectivity index (χ3v) is 6.37. The zero-order valence-electron chi connectivity index (χ0n) is 16.1. The van der Waals surface area contributed by atoms with Gasteiger partial charge < -0.3 is 14.8 Å². The van der Waals surface area contributed by atoms with Crippen molar-refractivity contribution in [3.8, 4) is 11.5 Å². The van der Waals surface area contributed by atoms with E-state index in [1.54, 1.807) is 26.0 Å². The third kappa shape index (κ3) is 5.30. The Morgan fingerprint density at radius 2 is 1.88 bits per heavy atom. The molecule has 1 aliphatic carbocycles. The van der Waals surface area contributed by atoms with Crippen molar-refractivity contribution >= 4 is 17.7 Å². The Morgan fingerprint density at radius 3 is 2.56 bits per heavy atom. The van der Waals surface area contributed by atoms with E-state index in [4.69, 9.17) is 9.47 Å². The minimum Gasteiger partial charge on any atom is -0.493 e. The van der Waals surface area contributed by atoms with Crippen LogP contribution in [0.15, 0.2) is 12.1 Å². The van der Waals surface area contributed by atoms with Crippen LogP contribution in [0.5, 0.6) is 11.5 Å². The first kappa shape index (κ1) is 20.0. The summed E-state index contributed by atoms with van der Waals surface area (Å²) < 4.78 is 10.7. The number of thioether (sulfide) groups is 1. The van der Waals surface area contributed by atoms with E-state index in [9.17, 15) is 4.79 Å². The van der Waals surface area contributed by atoms with Gasteiger partial charge in [-0.15, -0.1) is 11.8 Å². The molecule has 1 amide bonds. The number of carbonyl (C=O) groups is 1. The summed E-state index contributed by atoms with van der Waals surface area (Å²) in [5.74, 6) is 4.16. The smallest absolute Gasteiger partial charge is 0.230 e. The summed E-state index contributed by atoms with van der Waals surface area (Å²) in [7, 11) is 3.28. The molecule has 1 aromatic carbocycles. The zero-order chi connectivity index (χ0) is 18.4. The summed E-state index contributed by atoms with van der Waals surface area (Å²) in [6.45, 7) is 6.61. The Labute approximate surface area is 156 Å². The van der Waals surface area contributed by atoms with Crippen LogP contribution in [0.1, 0.15) is 44.2 Å². The molecule has 0 heterocycles. The highest BCUT2D eigenvalue weighted by Gasteiger charge is 2.27. The van der Waals surface area contributed by atoms with Crippen LogP contribution in [0.4, 0.5) is 0 Å². The van der Waals surface area contributed by atoms with Crippen molar-refractivity contribution in [3.05, 3.63) is 23.3 Å². The molecular weight excluding hydrogens is 334 g/mol. The molecule has 4 nitrogen and oxygen atoms in total. The number of nitrogens with one attached hydrogen (secondary N) is 1. The van der Waals surface area contributed by atoms with Gasteiger partial charge in [-0.1, -0.05) is 26.7 Å². The molecule has 0 aliphatic heterocycles. The van der Waals surface area contributed by atoms with Gasteiger partial charge in [0.1, 0.15) is 0 Å². The fourth-order valence-electron chi connectivity index (χ4n) is 3.47. The van der Waals surface area contributed by atoms with Crippen LogP contribution in [0.3, 0.4) is 0 Å². The van der Waals surface area contributed by atoms with E-state index in [-0.39, 0.29) is 5.91 Å². The van der Waals surface area contributed by atoms with E-state index in [0.29, 0.717) is 23.6 Å². The summed E-state index contributed by atoms with van der Waals surface area (Å²) in [6.07, 6.45) is 3.60. The van der Waals surface area contributed by atoms with Crippen LogP contribution in [0, 0.1) is 18.8 Å². The van der Waals surface area contributed by atoms with E-state index < -0.39 is 0 Å². The van der Waals surface area contributed by atoms with E-state index in [1.807, 2.05) is 12.1 Å². The summed E-state index contributed by atoms with van der Waals surface area (Å²) in [5.41, 5.74) is 2.33. The van der Waals surface area contributed by atoms with Gasteiger partial charge in [0.2, 0.25) is 5.91 Å². The lowest BCUT2D eigenvalue weighted by molar-refractivity contribution is -0.119. The average molecular weight is 366 g/mol. The fraction of sp³-hybridized carbons (Fsp3) is 0.650. The largest absolute Gasteiger partial charge is 0.493 e. The van der Waals surface area contributed by atoms with Crippen molar-refractivity contribution in [3.63, 3.8) is 0 Å². The molecule has 1 saturated carbocycles. The van der Waals surface area contributed by atoms with Crippen LogP contribution in [0.25, 0.3) is 0 Å². The number of benzene rings is 1. The number of aryl methyl sites for hydroxylation is 1. The van der Waals surface area contributed by atoms with Gasteiger partial charge in [0.05, 0.1) is 20.0 Å². The maximum atomic E-state index is 12.3. The molecule has 25 heavy (non-hydrogen) atoms. The number of methoxy groups -OCH3 is 2. The van der Waals surface area contributed by atoms with Gasteiger partial charge in [0, 0.05) is 11.8 Å². The maximum Gasteiger partial charge on any atom is 0.230 e. The molecule has 0 saturated heterocycles. The molecule has 0 spiro atoms. The topological polar surface area (TPSA) is 47.6 Å². The van der Waals surface area contributed by atoms with Gasteiger partial charge in [0.25, 0.3) is 0 Å². The van der Waals surface area contributed by atoms with E-state index in [1.165, 1.54) is 18.4 Å². The van der Waals surface area contributed by atoms with Crippen molar-refractivity contribution in [1.29, 1.82) is 0 Å². The molecular formula is C20H31NO3S. The Morgan fingerprint density at radius 1 is 1.20 bits per heavy atom. The lowest BCUT2D eigenvalue weighted by Gasteiger charge is -2.34. The van der Waals surface area contributed by atoms with Gasteiger partial charge in [-0.3, -0.25) is 4.79 Å². The number of carbonyl (C=O) groups excluding carboxylic acids is 1. The zero-order valence-corrected chi connectivity index (χ0v) is 16.9. The highest BCUT2D eigenvalue weighted by atomic mass is 32.2. The summed E-state index contributed by atoms with van der Waals surface area (Å²) >= 11 is 1.64. The quantitative estimate of drug-likeness (QED) is 0.787.